The minimum absolute atomic E-state index is 0.142. The third-order valence-electron chi connectivity index (χ3n) is 6.45. The van der Waals surface area contributed by atoms with Gasteiger partial charge < -0.3 is 19.7 Å². The van der Waals surface area contributed by atoms with Crippen LogP contribution in [-0.4, -0.2) is 49.9 Å². The van der Waals surface area contributed by atoms with Crippen LogP contribution in [0.1, 0.15) is 25.0 Å². The number of hydrogen-bond acceptors (Lipinski definition) is 9. The summed E-state index contributed by atoms with van der Waals surface area (Å²) in [4.78, 5) is 23.8. The van der Waals surface area contributed by atoms with Crippen molar-refractivity contribution in [3.05, 3.63) is 88.5 Å². The maximum atomic E-state index is 14.0. The van der Waals surface area contributed by atoms with Gasteiger partial charge >= 0.3 is 0 Å². The number of amidine groups is 1. The standard InChI is InChI=1S/C31H33N5O3S2/c1-5-33-25-13-11-23(19-32)17-26(25)34-31-36(20-22-9-7-6-8-10-22)30(37)29(41-31)21(2)35(3)27-18-24(12-14-28(27)40)39-16-15-38-4/h6-14,17-18,33,40H,5,15-16,20H2,1-4H3/b29-21+,34-31?. The van der Waals surface area contributed by atoms with E-state index in [4.69, 9.17) is 14.5 Å². The Morgan fingerprint density at radius 1 is 1.15 bits per heavy atom. The summed E-state index contributed by atoms with van der Waals surface area (Å²) in [6, 6.07) is 23.0. The number of carbonyl (C=O) groups excluding carboxylic acids is 1. The van der Waals surface area contributed by atoms with Crippen LogP contribution in [0, 0.1) is 11.3 Å². The molecule has 1 fully saturated rings. The van der Waals surface area contributed by atoms with Crippen LogP contribution in [0.2, 0.25) is 0 Å². The highest BCUT2D eigenvalue weighted by molar-refractivity contribution is 8.18. The molecule has 8 nitrogen and oxygen atoms in total. The van der Waals surface area contributed by atoms with E-state index in [0.717, 1.165) is 27.5 Å². The van der Waals surface area contributed by atoms with Gasteiger partial charge in [0.15, 0.2) is 5.17 Å². The number of nitrogens with one attached hydrogen (secondary N) is 1. The van der Waals surface area contributed by atoms with Gasteiger partial charge in [-0.2, -0.15) is 5.26 Å². The molecule has 0 aliphatic carbocycles. The number of aliphatic imine (C=N–C) groups is 1. The van der Waals surface area contributed by atoms with Crippen molar-refractivity contribution in [3.8, 4) is 11.8 Å². The molecule has 3 aromatic rings. The maximum absolute atomic E-state index is 14.0. The van der Waals surface area contributed by atoms with Crippen molar-refractivity contribution >= 4 is 52.5 Å². The van der Waals surface area contributed by atoms with Crippen LogP contribution in [0.4, 0.5) is 17.1 Å². The van der Waals surface area contributed by atoms with Crippen LogP contribution in [0.5, 0.6) is 5.75 Å². The van der Waals surface area contributed by atoms with Crippen LogP contribution in [0.25, 0.3) is 0 Å². The zero-order valence-corrected chi connectivity index (χ0v) is 25.3. The van der Waals surface area contributed by atoms with Crippen LogP contribution in [0.3, 0.4) is 0 Å². The summed E-state index contributed by atoms with van der Waals surface area (Å²) in [6.07, 6.45) is 0. The van der Waals surface area contributed by atoms with Crippen LogP contribution in [-0.2, 0) is 16.1 Å². The molecule has 41 heavy (non-hydrogen) atoms. The second-order valence-electron chi connectivity index (χ2n) is 9.21. The molecular formula is C31H33N5O3S2. The lowest BCUT2D eigenvalue weighted by Gasteiger charge is -2.23. The summed E-state index contributed by atoms with van der Waals surface area (Å²) in [5, 5.41) is 13.3. The smallest absolute Gasteiger partial charge is 0.268 e. The van der Waals surface area contributed by atoms with Gasteiger partial charge in [-0.3, -0.25) is 9.69 Å². The Hall–Kier alpha value is -3.91. The van der Waals surface area contributed by atoms with Gasteiger partial charge in [0.1, 0.15) is 12.4 Å². The first kappa shape index (κ1) is 30.1. The van der Waals surface area contributed by atoms with E-state index in [1.165, 1.54) is 11.8 Å². The number of amides is 1. The molecule has 1 N–H and O–H groups in total. The third-order valence-corrected chi connectivity index (χ3v) is 8.00. The van der Waals surface area contributed by atoms with Crippen LogP contribution >= 0.6 is 24.4 Å². The zero-order valence-electron chi connectivity index (χ0n) is 23.5. The van der Waals surface area contributed by atoms with E-state index in [1.807, 2.05) is 80.4 Å². The Labute approximate surface area is 251 Å². The van der Waals surface area contributed by atoms with Crippen molar-refractivity contribution < 1.29 is 14.3 Å². The van der Waals surface area contributed by atoms with Crippen molar-refractivity contribution in [3.63, 3.8) is 0 Å². The Bertz CT molecular complexity index is 1500. The van der Waals surface area contributed by atoms with Crippen molar-refractivity contribution in [1.82, 2.24) is 4.90 Å². The summed E-state index contributed by atoms with van der Waals surface area (Å²) in [7, 11) is 3.53. The lowest BCUT2D eigenvalue weighted by atomic mass is 10.2. The molecule has 1 aliphatic rings. The van der Waals surface area contributed by atoms with Gasteiger partial charge in [-0.25, -0.2) is 4.99 Å². The van der Waals surface area contributed by atoms with Crippen LogP contribution in [0.15, 0.2) is 87.2 Å². The quantitative estimate of drug-likeness (QED) is 0.152. The number of nitrogens with zero attached hydrogens (tertiary/aromatic N) is 4. The minimum atomic E-state index is -0.142. The predicted octanol–water partition coefficient (Wildman–Crippen LogP) is 6.43. The van der Waals surface area contributed by atoms with Crippen molar-refractivity contribution in [2.75, 3.05) is 44.1 Å². The first-order chi connectivity index (χ1) is 19.9. The van der Waals surface area contributed by atoms with E-state index in [9.17, 15) is 10.1 Å². The fourth-order valence-corrected chi connectivity index (χ4v) is 5.55. The largest absolute Gasteiger partial charge is 0.491 e. The number of ether oxygens (including phenoxy) is 2. The molecule has 0 saturated carbocycles. The number of rotatable bonds is 11. The van der Waals surface area contributed by atoms with Gasteiger partial charge in [0, 0.05) is 37.4 Å². The average Bonchev–Trinajstić information content (AvgIpc) is 3.28. The molecular weight excluding hydrogens is 555 g/mol. The number of methoxy groups -OCH3 is 1. The molecule has 1 heterocycles. The van der Waals surface area contributed by atoms with Gasteiger partial charge in [-0.1, -0.05) is 30.3 Å². The number of hydrogen-bond donors (Lipinski definition) is 2. The summed E-state index contributed by atoms with van der Waals surface area (Å²) in [5.41, 5.74) is 4.43. The maximum Gasteiger partial charge on any atom is 0.268 e. The molecule has 0 bridgehead atoms. The average molecular weight is 588 g/mol. The lowest BCUT2D eigenvalue weighted by molar-refractivity contribution is -0.122. The Balaban J connectivity index is 1.75. The molecule has 0 spiro atoms. The van der Waals surface area contributed by atoms with E-state index in [1.54, 1.807) is 24.1 Å². The fraction of sp³-hybridized carbons (Fsp3) is 0.258. The van der Waals surface area contributed by atoms with E-state index >= 15 is 0 Å². The number of carbonyl (C=O) groups is 1. The number of nitriles is 1. The monoisotopic (exact) mass is 587 g/mol. The summed E-state index contributed by atoms with van der Waals surface area (Å²) >= 11 is 5.99. The molecule has 0 aromatic heterocycles. The third kappa shape index (κ3) is 7.24. The molecule has 10 heteroatoms. The summed E-state index contributed by atoms with van der Waals surface area (Å²) in [5.74, 6) is 0.544. The molecule has 1 amide bonds. The normalized spacial score (nSPS) is 15.2. The second-order valence-corrected chi connectivity index (χ2v) is 10.7. The van der Waals surface area contributed by atoms with Gasteiger partial charge in [-0.15, -0.1) is 12.6 Å². The van der Waals surface area contributed by atoms with E-state index in [-0.39, 0.29) is 5.91 Å². The topological polar surface area (TPSA) is 90.2 Å². The summed E-state index contributed by atoms with van der Waals surface area (Å²) in [6.45, 7) is 5.87. The summed E-state index contributed by atoms with van der Waals surface area (Å²) < 4.78 is 10.9. The number of allylic oxidation sites excluding steroid dienone is 1. The minimum Gasteiger partial charge on any atom is -0.491 e. The number of benzene rings is 3. The highest BCUT2D eigenvalue weighted by atomic mass is 32.2. The van der Waals surface area contributed by atoms with Gasteiger partial charge in [0.2, 0.25) is 0 Å². The molecule has 212 valence electrons. The lowest BCUT2D eigenvalue weighted by Crippen LogP contribution is -2.29. The number of thiol groups is 1. The Morgan fingerprint density at radius 2 is 1.93 bits per heavy atom. The first-order valence-electron chi connectivity index (χ1n) is 13.2. The van der Waals surface area contributed by atoms with E-state index in [2.05, 4.69) is 24.0 Å². The predicted molar refractivity (Wildman–Crippen MR) is 169 cm³/mol. The SMILES string of the molecule is CCNc1ccc(C#N)cc1N=C1S/C(=C(\C)N(C)c2cc(OCCOC)ccc2S)C(=O)N1Cc1ccccc1. The van der Waals surface area contributed by atoms with Crippen molar-refractivity contribution in [2.45, 2.75) is 25.3 Å². The molecule has 1 saturated heterocycles. The Kier molecular flexibility index (Phi) is 10.4. The highest BCUT2D eigenvalue weighted by Crippen LogP contribution is 2.40. The first-order valence-corrected chi connectivity index (χ1v) is 14.4. The highest BCUT2D eigenvalue weighted by Gasteiger charge is 2.36. The molecule has 1 aliphatic heterocycles. The number of thioether (sulfide) groups is 1. The van der Waals surface area contributed by atoms with E-state index in [0.29, 0.717) is 53.4 Å². The van der Waals surface area contributed by atoms with E-state index < -0.39 is 0 Å². The van der Waals surface area contributed by atoms with Gasteiger partial charge in [-0.05, 0) is 61.5 Å². The van der Waals surface area contributed by atoms with Crippen LogP contribution < -0.4 is 15.0 Å². The van der Waals surface area contributed by atoms with Crippen molar-refractivity contribution in [2.24, 2.45) is 4.99 Å². The van der Waals surface area contributed by atoms with Crippen molar-refractivity contribution in [1.29, 1.82) is 5.26 Å². The Morgan fingerprint density at radius 3 is 2.63 bits per heavy atom. The molecule has 0 atom stereocenters. The molecule has 3 aromatic carbocycles. The second kappa shape index (κ2) is 14.1. The van der Waals surface area contributed by atoms with Gasteiger partial charge in [0.05, 0.1) is 46.8 Å². The fourth-order valence-electron chi connectivity index (χ4n) is 4.19. The van der Waals surface area contributed by atoms with Gasteiger partial charge in [0.25, 0.3) is 5.91 Å². The molecule has 0 radical (unpaired) electrons. The molecule has 4 rings (SSSR count). The zero-order chi connectivity index (χ0) is 29.4. The number of anilines is 2. The molecule has 0 unspecified atom stereocenters.